The van der Waals surface area contributed by atoms with Crippen molar-refractivity contribution in [3.8, 4) is 5.75 Å². The molecule has 3 nitrogen and oxygen atoms in total. The fraction of sp³-hybridized carbons (Fsp3) is 0.562. The smallest absolute Gasteiger partial charge is 0.254 e. The number of hydrogen-bond donors (Lipinski definition) is 1. The van der Waals surface area contributed by atoms with E-state index < -0.39 is 0 Å². The predicted octanol–water partition coefficient (Wildman–Crippen LogP) is 3.35. The van der Waals surface area contributed by atoms with Crippen LogP contribution in [0.5, 0.6) is 5.75 Å². The van der Waals surface area contributed by atoms with Crippen molar-refractivity contribution in [2.45, 2.75) is 45.6 Å². The van der Waals surface area contributed by atoms with Crippen LogP contribution < -0.4 is 0 Å². The highest BCUT2D eigenvalue weighted by atomic mass is 16.3. The minimum absolute atomic E-state index is 0.0205. The lowest BCUT2D eigenvalue weighted by Gasteiger charge is -2.36. The largest absolute Gasteiger partial charge is 0.508 e. The average molecular weight is 261 g/mol. The van der Waals surface area contributed by atoms with Crippen molar-refractivity contribution in [2.75, 3.05) is 7.05 Å². The third-order valence-electron chi connectivity index (χ3n) is 4.42. The number of amides is 1. The molecule has 2 atom stereocenters. The lowest BCUT2D eigenvalue weighted by atomic mass is 9.85. The Morgan fingerprint density at radius 2 is 2.00 bits per heavy atom. The number of carbonyl (C=O) groups is 1. The summed E-state index contributed by atoms with van der Waals surface area (Å²) in [7, 11) is 1.89. The van der Waals surface area contributed by atoms with Crippen LogP contribution in [-0.4, -0.2) is 29.0 Å². The van der Waals surface area contributed by atoms with Gasteiger partial charge in [0.2, 0.25) is 0 Å². The second-order valence-electron chi connectivity index (χ2n) is 5.69. The number of hydrogen-bond acceptors (Lipinski definition) is 2. The van der Waals surface area contributed by atoms with Crippen LogP contribution in [0.15, 0.2) is 18.2 Å². The quantitative estimate of drug-likeness (QED) is 0.887. The van der Waals surface area contributed by atoms with Gasteiger partial charge in [-0.15, -0.1) is 0 Å². The highest BCUT2D eigenvalue weighted by Gasteiger charge is 2.29. The van der Waals surface area contributed by atoms with Gasteiger partial charge in [0.25, 0.3) is 5.91 Å². The second-order valence-corrected chi connectivity index (χ2v) is 5.69. The van der Waals surface area contributed by atoms with E-state index in [1.165, 1.54) is 19.3 Å². The summed E-state index contributed by atoms with van der Waals surface area (Å²) in [5.41, 5.74) is 1.28. The summed E-state index contributed by atoms with van der Waals surface area (Å²) in [5, 5.41) is 9.72. The molecule has 0 spiro atoms. The Balaban J connectivity index is 2.21. The first-order valence-electron chi connectivity index (χ1n) is 7.08. The van der Waals surface area contributed by atoms with Gasteiger partial charge >= 0.3 is 0 Å². The van der Waals surface area contributed by atoms with Gasteiger partial charge in [0, 0.05) is 24.2 Å². The molecule has 2 unspecified atom stereocenters. The standard InChI is InChI=1S/C16H23NO2/c1-11-7-4-5-9-14(11)17(3)16(19)13-8-6-10-15(18)12(13)2/h6,8,10-11,14,18H,4-5,7,9H2,1-3H3. The summed E-state index contributed by atoms with van der Waals surface area (Å²) in [4.78, 5) is 14.4. The van der Waals surface area contributed by atoms with E-state index in [0.29, 0.717) is 23.1 Å². The molecule has 0 bridgehead atoms. The average Bonchev–Trinajstić information content (AvgIpc) is 2.41. The van der Waals surface area contributed by atoms with Gasteiger partial charge in [-0.1, -0.05) is 25.8 Å². The van der Waals surface area contributed by atoms with Gasteiger partial charge in [-0.3, -0.25) is 4.79 Å². The van der Waals surface area contributed by atoms with Gasteiger partial charge in [-0.25, -0.2) is 0 Å². The summed E-state index contributed by atoms with van der Waals surface area (Å²) in [6.45, 7) is 4.02. The maximum atomic E-state index is 12.6. The lowest BCUT2D eigenvalue weighted by Crippen LogP contribution is -2.42. The number of phenols is 1. The molecule has 1 amide bonds. The van der Waals surface area contributed by atoms with E-state index in [2.05, 4.69) is 6.92 Å². The third kappa shape index (κ3) is 2.75. The monoisotopic (exact) mass is 261 g/mol. The van der Waals surface area contributed by atoms with E-state index in [4.69, 9.17) is 0 Å². The predicted molar refractivity (Wildman–Crippen MR) is 76.4 cm³/mol. The van der Waals surface area contributed by atoms with Crippen LogP contribution in [0.4, 0.5) is 0 Å². The minimum Gasteiger partial charge on any atom is -0.508 e. The molecule has 19 heavy (non-hydrogen) atoms. The Morgan fingerprint density at radius 1 is 1.32 bits per heavy atom. The van der Waals surface area contributed by atoms with Crippen molar-refractivity contribution in [1.29, 1.82) is 0 Å². The summed E-state index contributed by atoms with van der Waals surface area (Å²) in [6.07, 6.45) is 4.75. The van der Waals surface area contributed by atoms with Crippen molar-refractivity contribution >= 4 is 5.91 Å². The Hall–Kier alpha value is -1.51. The topological polar surface area (TPSA) is 40.5 Å². The van der Waals surface area contributed by atoms with Crippen LogP contribution in [0.3, 0.4) is 0 Å². The van der Waals surface area contributed by atoms with Gasteiger partial charge in [0.1, 0.15) is 5.75 Å². The third-order valence-corrected chi connectivity index (χ3v) is 4.42. The first kappa shape index (κ1) is 13.9. The fourth-order valence-electron chi connectivity index (χ4n) is 3.07. The number of phenolic OH excluding ortho intramolecular Hbond substituents is 1. The maximum absolute atomic E-state index is 12.6. The van der Waals surface area contributed by atoms with E-state index in [1.807, 2.05) is 11.9 Å². The van der Waals surface area contributed by atoms with Crippen molar-refractivity contribution < 1.29 is 9.90 Å². The minimum atomic E-state index is 0.0205. The Morgan fingerprint density at radius 3 is 2.68 bits per heavy atom. The van der Waals surface area contributed by atoms with Gasteiger partial charge < -0.3 is 10.0 Å². The molecular formula is C16H23NO2. The van der Waals surface area contributed by atoms with Crippen molar-refractivity contribution in [1.82, 2.24) is 4.90 Å². The molecule has 0 heterocycles. The Bertz CT molecular complexity index is 470. The zero-order chi connectivity index (χ0) is 14.0. The fourth-order valence-corrected chi connectivity index (χ4v) is 3.07. The molecule has 0 saturated heterocycles. The number of aromatic hydroxyl groups is 1. The number of rotatable bonds is 2. The van der Waals surface area contributed by atoms with Crippen LogP contribution in [0.25, 0.3) is 0 Å². The zero-order valence-corrected chi connectivity index (χ0v) is 12.0. The van der Waals surface area contributed by atoms with Crippen LogP contribution in [0.1, 0.15) is 48.5 Å². The van der Waals surface area contributed by atoms with Gasteiger partial charge in [-0.05, 0) is 37.8 Å². The number of benzene rings is 1. The van der Waals surface area contributed by atoms with Crippen LogP contribution >= 0.6 is 0 Å². The first-order valence-corrected chi connectivity index (χ1v) is 7.08. The molecule has 1 aliphatic rings. The lowest BCUT2D eigenvalue weighted by molar-refractivity contribution is 0.0628. The van der Waals surface area contributed by atoms with Crippen molar-refractivity contribution in [3.05, 3.63) is 29.3 Å². The molecule has 1 fully saturated rings. The number of nitrogens with zero attached hydrogens (tertiary/aromatic N) is 1. The van der Waals surface area contributed by atoms with Crippen LogP contribution in [0.2, 0.25) is 0 Å². The molecule has 0 aliphatic heterocycles. The van der Waals surface area contributed by atoms with E-state index in [9.17, 15) is 9.90 Å². The Kier molecular flexibility index (Phi) is 4.13. The number of carbonyl (C=O) groups excluding carboxylic acids is 1. The van der Waals surface area contributed by atoms with E-state index in [0.717, 1.165) is 6.42 Å². The maximum Gasteiger partial charge on any atom is 0.254 e. The van der Waals surface area contributed by atoms with E-state index >= 15 is 0 Å². The second kappa shape index (κ2) is 5.64. The Labute approximate surface area is 115 Å². The zero-order valence-electron chi connectivity index (χ0n) is 12.0. The highest BCUT2D eigenvalue weighted by molar-refractivity contribution is 5.96. The molecule has 1 aromatic carbocycles. The molecule has 1 N–H and O–H groups in total. The molecule has 1 aliphatic carbocycles. The van der Waals surface area contributed by atoms with Gasteiger partial charge in [-0.2, -0.15) is 0 Å². The molecule has 2 rings (SSSR count). The molecular weight excluding hydrogens is 238 g/mol. The van der Waals surface area contributed by atoms with E-state index in [1.54, 1.807) is 25.1 Å². The SMILES string of the molecule is Cc1c(O)cccc1C(=O)N(C)C1CCCCC1C. The van der Waals surface area contributed by atoms with E-state index in [-0.39, 0.29) is 11.7 Å². The summed E-state index contributed by atoms with van der Waals surface area (Å²) >= 11 is 0. The molecule has 3 heteroatoms. The van der Waals surface area contributed by atoms with Crippen LogP contribution in [-0.2, 0) is 0 Å². The van der Waals surface area contributed by atoms with Gasteiger partial charge in [0.15, 0.2) is 0 Å². The molecule has 0 aromatic heterocycles. The molecule has 1 aromatic rings. The summed E-state index contributed by atoms with van der Waals surface area (Å²) in [6, 6.07) is 5.47. The highest BCUT2D eigenvalue weighted by Crippen LogP contribution is 2.29. The van der Waals surface area contributed by atoms with Crippen molar-refractivity contribution in [2.24, 2.45) is 5.92 Å². The first-order chi connectivity index (χ1) is 9.02. The summed E-state index contributed by atoms with van der Waals surface area (Å²) < 4.78 is 0. The molecule has 0 radical (unpaired) electrons. The molecule has 104 valence electrons. The molecule has 1 saturated carbocycles. The van der Waals surface area contributed by atoms with Gasteiger partial charge in [0.05, 0.1) is 0 Å². The van der Waals surface area contributed by atoms with Crippen LogP contribution in [0, 0.1) is 12.8 Å². The van der Waals surface area contributed by atoms with Crippen molar-refractivity contribution in [3.63, 3.8) is 0 Å². The summed E-state index contributed by atoms with van der Waals surface area (Å²) in [5.74, 6) is 0.767. The normalized spacial score (nSPS) is 23.1.